The van der Waals surface area contributed by atoms with Crippen LogP contribution >= 0.6 is 0 Å². The predicted molar refractivity (Wildman–Crippen MR) is 47.8 cm³/mol. The summed E-state index contributed by atoms with van der Waals surface area (Å²) < 4.78 is 33.5. The lowest BCUT2D eigenvalue weighted by molar-refractivity contribution is 0.548. The highest BCUT2D eigenvalue weighted by Crippen LogP contribution is 2.13. The molecule has 0 aliphatic rings. The van der Waals surface area contributed by atoms with Crippen LogP contribution in [-0.4, -0.2) is 18.4 Å². The molecule has 72 valence electrons. The van der Waals surface area contributed by atoms with Crippen molar-refractivity contribution in [2.75, 3.05) is 0 Å². The number of rotatable bonds is 1. The molecule has 0 saturated carbocycles. The van der Waals surface area contributed by atoms with Gasteiger partial charge in [0.2, 0.25) is 5.03 Å². The minimum Gasteiger partial charge on any atom is -0.251 e. The summed E-state index contributed by atoms with van der Waals surface area (Å²) in [5.74, 6) is 0. The van der Waals surface area contributed by atoms with Gasteiger partial charge in [0.1, 0.15) is 0 Å². The molecule has 1 aromatic heterocycles. The first-order valence-electron chi connectivity index (χ1n) is 3.74. The standard InChI is InChI=1S/C8H5FN2O2S/c9-14(12,13)8-5-10-6-3-1-2-4-7(6)11-8/h1-5H. The van der Waals surface area contributed by atoms with Gasteiger partial charge >= 0.3 is 10.2 Å². The number of halogens is 1. The first-order valence-corrected chi connectivity index (χ1v) is 5.12. The Morgan fingerprint density at radius 2 is 1.79 bits per heavy atom. The zero-order valence-electron chi connectivity index (χ0n) is 6.88. The van der Waals surface area contributed by atoms with Crippen molar-refractivity contribution in [2.45, 2.75) is 5.03 Å². The summed E-state index contributed by atoms with van der Waals surface area (Å²) in [4.78, 5) is 7.39. The molecule has 1 heterocycles. The molecule has 0 aliphatic carbocycles. The molecule has 4 nitrogen and oxygen atoms in total. The third-order valence-electron chi connectivity index (χ3n) is 1.68. The fraction of sp³-hybridized carbons (Fsp3) is 0. The Hall–Kier alpha value is -1.56. The molecule has 14 heavy (non-hydrogen) atoms. The van der Waals surface area contributed by atoms with E-state index in [0.29, 0.717) is 11.0 Å². The van der Waals surface area contributed by atoms with Gasteiger partial charge in [-0.1, -0.05) is 16.0 Å². The van der Waals surface area contributed by atoms with E-state index in [1.165, 1.54) is 0 Å². The molecule has 0 spiro atoms. The zero-order valence-corrected chi connectivity index (χ0v) is 7.70. The molecule has 0 saturated heterocycles. The van der Waals surface area contributed by atoms with Crippen LogP contribution in [0.15, 0.2) is 35.5 Å². The Balaban J connectivity index is 2.75. The maximum absolute atomic E-state index is 12.5. The summed E-state index contributed by atoms with van der Waals surface area (Å²) in [7, 11) is -4.77. The molecule has 2 aromatic rings. The van der Waals surface area contributed by atoms with Crippen LogP contribution in [0.3, 0.4) is 0 Å². The Bertz CT molecular complexity index is 583. The number of benzene rings is 1. The average Bonchev–Trinajstić information content (AvgIpc) is 2.16. The van der Waals surface area contributed by atoms with E-state index in [-0.39, 0.29) is 0 Å². The van der Waals surface area contributed by atoms with E-state index in [2.05, 4.69) is 9.97 Å². The second kappa shape index (κ2) is 2.98. The van der Waals surface area contributed by atoms with Gasteiger partial charge in [0.15, 0.2) is 0 Å². The van der Waals surface area contributed by atoms with Crippen LogP contribution in [0.25, 0.3) is 11.0 Å². The van der Waals surface area contributed by atoms with Crippen LogP contribution < -0.4 is 0 Å². The summed E-state index contributed by atoms with van der Waals surface area (Å²) in [5.41, 5.74) is 0.881. The number of hydrogen-bond acceptors (Lipinski definition) is 4. The Morgan fingerprint density at radius 1 is 1.14 bits per heavy atom. The van der Waals surface area contributed by atoms with E-state index in [4.69, 9.17) is 0 Å². The zero-order chi connectivity index (χ0) is 10.2. The van der Waals surface area contributed by atoms with Crippen molar-refractivity contribution in [1.82, 2.24) is 9.97 Å². The average molecular weight is 212 g/mol. The molecule has 0 N–H and O–H groups in total. The smallest absolute Gasteiger partial charge is 0.251 e. The van der Waals surface area contributed by atoms with Crippen molar-refractivity contribution >= 4 is 21.3 Å². The quantitative estimate of drug-likeness (QED) is 0.668. The number of nitrogens with zero attached hydrogens (tertiary/aromatic N) is 2. The molecule has 1 aromatic carbocycles. The maximum atomic E-state index is 12.5. The lowest BCUT2D eigenvalue weighted by Crippen LogP contribution is -1.97. The molecule has 0 fully saturated rings. The van der Waals surface area contributed by atoms with Gasteiger partial charge in [-0.05, 0) is 12.1 Å². The van der Waals surface area contributed by atoms with Gasteiger partial charge in [0.25, 0.3) is 0 Å². The summed E-state index contributed by atoms with van der Waals surface area (Å²) in [6.07, 6.45) is 0.900. The Labute approximate surface area is 79.6 Å². The number of para-hydroxylation sites is 2. The van der Waals surface area contributed by atoms with Crippen LogP contribution in [0, 0.1) is 0 Å². The molecular formula is C8H5FN2O2S. The van der Waals surface area contributed by atoms with Crippen molar-refractivity contribution in [3.8, 4) is 0 Å². The summed E-state index contributed by atoms with van der Waals surface area (Å²) >= 11 is 0. The first kappa shape index (κ1) is 9.01. The number of hydrogen-bond donors (Lipinski definition) is 0. The van der Waals surface area contributed by atoms with Crippen molar-refractivity contribution in [3.63, 3.8) is 0 Å². The van der Waals surface area contributed by atoms with Gasteiger partial charge in [0, 0.05) is 0 Å². The van der Waals surface area contributed by atoms with Gasteiger partial charge in [-0.2, -0.15) is 8.42 Å². The molecule has 0 atom stereocenters. The first-order chi connectivity index (χ1) is 6.57. The van der Waals surface area contributed by atoms with Crippen LogP contribution in [0.2, 0.25) is 0 Å². The lowest BCUT2D eigenvalue weighted by atomic mass is 10.3. The largest absolute Gasteiger partial charge is 0.351 e. The van der Waals surface area contributed by atoms with Gasteiger partial charge < -0.3 is 0 Å². The number of fused-ring (bicyclic) bond motifs is 1. The SMILES string of the molecule is O=S(=O)(F)c1cnc2ccccc2n1. The summed E-state index contributed by atoms with van der Waals surface area (Å²) in [6.45, 7) is 0. The Kier molecular flexibility index (Phi) is 1.92. The normalized spacial score (nSPS) is 11.8. The minimum atomic E-state index is -4.77. The lowest BCUT2D eigenvalue weighted by Gasteiger charge is -1.96. The topological polar surface area (TPSA) is 59.9 Å². The number of aromatic nitrogens is 2. The van der Waals surface area contributed by atoms with Crippen molar-refractivity contribution in [3.05, 3.63) is 30.5 Å². The van der Waals surface area contributed by atoms with E-state index in [9.17, 15) is 12.3 Å². The van der Waals surface area contributed by atoms with E-state index in [0.717, 1.165) is 6.20 Å². The van der Waals surface area contributed by atoms with Gasteiger partial charge in [-0.3, -0.25) is 4.98 Å². The highest BCUT2D eigenvalue weighted by atomic mass is 32.3. The van der Waals surface area contributed by atoms with Gasteiger partial charge in [-0.15, -0.1) is 0 Å². The van der Waals surface area contributed by atoms with E-state index < -0.39 is 15.2 Å². The molecule has 0 radical (unpaired) electrons. The molecule has 0 unspecified atom stereocenters. The molecule has 0 amide bonds. The van der Waals surface area contributed by atoms with Crippen LogP contribution in [0.5, 0.6) is 0 Å². The monoisotopic (exact) mass is 212 g/mol. The van der Waals surface area contributed by atoms with Crippen molar-refractivity contribution in [1.29, 1.82) is 0 Å². The minimum absolute atomic E-state index is 0.353. The highest BCUT2D eigenvalue weighted by molar-refractivity contribution is 7.86. The molecule has 0 bridgehead atoms. The van der Waals surface area contributed by atoms with Crippen LogP contribution in [0.1, 0.15) is 0 Å². The molecule has 6 heteroatoms. The summed E-state index contributed by atoms with van der Waals surface area (Å²) in [6, 6.07) is 6.64. The third kappa shape index (κ3) is 1.56. The van der Waals surface area contributed by atoms with Gasteiger partial charge in [-0.25, -0.2) is 4.98 Å². The fourth-order valence-corrected chi connectivity index (χ4v) is 1.44. The molecule has 2 rings (SSSR count). The predicted octanol–water partition coefficient (Wildman–Crippen LogP) is 1.29. The second-order valence-electron chi connectivity index (χ2n) is 2.63. The third-order valence-corrected chi connectivity index (χ3v) is 2.37. The maximum Gasteiger partial charge on any atom is 0.351 e. The van der Waals surface area contributed by atoms with Gasteiger partial charge in [0.05, 0.1) is 17.2 Å². The molecular weight excluding hydrogens is 207 g/mol. The van der Waals surface area contributed by atoms with Crippen molar-refractivity contribution in [2.24, 2.45) is 0 Å². The fourth-order valence-electron chi connectivity index (χ4n) is 1.06. The molecule has 0 aliphatic heterocycles. The van der Waals surface area contributed by atoms with E-state index >= 15 is 0 Å². The van der Waals surface area contributed by atoms with E-state index in [1.54, 1.807) is 24.3 Å². The highest BCUT2D eigenvalue weighted by Gasteiger charge is 2.14. The summed E-state index contributed by atoms with van der Waals surface area (Å²) in [5, 5.41) is -0.656. The van der Waals surface area contributed by atoms with Crippen LogP contribution in [-0.2, 0) is 10.2 Å². The second-order valence-corrected chi connectivity index (χ2v) is 3.93. The van der Waals surface area contributed by atoms with Crippen molar-refractivity contribution < 1.29 is 12.3 Å². The Morgan fingerprint density at radius 3 is 2.43 bits per heavy atom. The van der Waals surface area contributed by atoms with Crippen LogP contribution in [0.4, 0.5) is 3.89 Å². The van der Waals surface area contributed by atoms with E-state index in [1.807, 2.05) is 0 Å².